The molecule has 2 aliphatic carbocycles. The monoisotopic (exact) mass is 476 g/mol. The molecule has 4 atom stereocenters. The summed E-state index contributed by atoms with van der Waals surface area (Å²) in [4.78, 5) is 39.5. The van der Waals surface area contributed by atoms with Crippen molar-refractivity contribution >= 4 is 18.0 Å². The van der Waals surface area contributed by atoms with Gasteiger partial charge in [-0.05, 0) is 47.4 Å². The highest BCUT2D eigenvalue weighted by Gasteiger charge is 2.44. The summed E-state index contributed by atoms with van der Waals surface area (Å²) in [5.74, 6) is -1.64. The molecule has 0 bridgehead atoms. The third-order valence-electron chi connectivity index (χ3n) is 7.97. The lowest BCUT2D eigenvalue weighted by Gasteiger charge is -2.35. The summed E-state index contributed by atoms with van der Waals surface area (Å²) in [6.45, 7) is 2.54. The molecule has 4 unspecified atom stereocenters. The Labute approximate surface area is 205 Å². The number of carboxylic acids is 1. The van der Waals surface area contributed by atoms with E-state index in [0.29, 0.717) is 25.8 Å². The highest BCUT2D eigenvalue weighted by atomic mass is 16.5. The van der Waals surface area contributed by atoms with Gasteiger partial charge in [-0.25, -0.2) is 9.59 Å². The number of carboxylic acid groups (broad SMARTS) is 1. The molecule has 2 aromatic carbocycles. The van der Waals surface area contributed by atoms with Gasteiger partial charge in [0.05, 0.1) is 5.92 Å². The summed E-state index contributed by atoms with van der Waals surface area (Å²) in [6.07, 6.45) is 3.28. The molecule has 2 N–H and O–H groups in total. The van der Waals surface area contributed by atoms with Crippen LogP contribution in [0.5, 0.6) is 0 Å². The second-order valence-electron chi connectivity index (χ2n) is 10.0. The van der Waals surface area contributed by atoms with Crippen LogP contribution in [-0.4, -0.2) is 53.2 Å². The number of likely N-dealkylation sites (tertiary alicyclic amines) is 1. The smallest absolute Gasteiger partial charge is 0.407 e. The fraction of sp³-hybridized carbons (Fsp3) is 0.464. The van der Waals surface area contributed by atoms with Gasteiger partial charge in [0.25, 0.3) is 0 Å². The van der Waals surface area contributed by atoms with E-state index in [1.807, 2.05) is 31.2 Å². The number of aliphatic carboxylic acids is 1. The molecule has 1 heterocycles. The number of hydrogen-bond acceptors (Lipinski definition) is 4. The van der Waals surface area contributed by atoms with Crippen LogP contribution in [0.1, 0.15) is 56.1 Å². The third kappa shape index (κ3) is 4.40. The van der Waals surface area contributed by atoms with Gasteiger partial charge >= 0.3 is 12.1 Å². The first kappa shape index (κ1) is 23.4. The molecule has 1 aliphatic heterocycles. The van der Waals surface area contributed by atoms with E-state index in [2.05, 4.69) is 29.6 Å². The van der Waals surface area contributed by atoms with Crippen molar-refractivity contribution in [3.05, 3.63) is 59.7 Å². The molecule has 35 heavy (non-hydrogen) atoms. The lowest BCUT2D eigenvalue weighted by molar-refractivity contribution is -0.151. The number of amides is 2. The van der Waals surface area contributed by atoms with Gasteiger partial charge < -0.3 is 20.1 Å². The van der Waals surface area contributed by atoms with Crippen LogP contribution in [0.4, 0.5) is 4.79 Å². The Hall–Kier alpha value is -3.35. The quantitative estimate of drug-likeness (QED) is 0.667. The number of nitrogens with zero attached hydrogens (tertiary/aromatic N) is 1. The van der Waals surface area contributed by atoms with E-state index >= 15 is 0 Å². The van der Waals surface area contributed by atoms with E-state index in [1.54, 1.807) is 0 Å². The lowest BCUT2D eigenvalue weighted by Crippen LogP contribution is -2.52. The first-order chi connectivity index (χ1) is 17.0. The van der Waals surface area contributed by atoms with Crippen LogP contribution in [0.25, 0.3) is 11.1 Å². The van der Waals surface area contributed by atoms with Gasteiger partial charge in [0.1, 0.15) is 12.6 Å². The molecule has 5 rings (SSSR count). The minimum Gasteiger partial charge on any atom is -0.480 e. The van der Waals surface area contributed by atoms with Crippen molar-refractivity contribution in [3.63, 3.8) is 0 Å². The number of carbonyl (C=O) groups excluding carboxylic acids is 2. The van der Waals surface area contributed by atoms with E-state index in [-0.39, 0.29) is 30.4 Å². The van der Waals surface area contributed by atoms with Crippen molar-refractivity contribution in [2.24, 2.45) is 11.8 Å². The second kappa shape index (κ2) is 9.72. The van der Waals surface area contributed by atoms with E-state index in [1.165, 1.54) is 16.0 Å². The Bertz CT molecular complexity index is 1090. The highest BCUT2D eigenvalue weighted by molar-refractivity contribution is 5.87. The van der Waals surface area contributed by atoms with E-state index in [9.17, 15) is 19.5 Å². The van der Waals surface area contributed by atoms with Crippen LogP contribution in [0, 0.1) is 11.8 Å². The Morgan fingerprint density at radius 2 is 1.60 bits per heavy atom. The molecule has 0 radical (unpaired) electrons. The molecule has 1 saturated carbocycles. The zero-order valence-corrected chi connectivity index (χ0v) is 20.0. The van der Waals surface area contributed by atoms with Crippen molar-refractivity contribution in [1.82, 2.24) is 10.2 Å². The Balaban J connectivity index is 1.25. The fourth-order valence-electron chi connectivity index (χ4n) is 6.17. The second-order valence-corrected chi connectivity index (χ2v) is 10.0. The maximum atomic E-state index is 13.4. The van der Waals surface area contributed by atoms with Gasteiger partial charge in [-0.1, -0.05) is 68.3 Å². The van der Waals surface area contributed by atoms with Crippen LogP contribution < -0.4 is 5.32 Å². The fourth-order valence-corrected chi connectivity index (χ4v) is 6.17. The Morgan fingerprint density at radius 3 is 2.26 bits per heavy atom. The summed E-state index contributed by atoms with van der Waals surface area (Å²) in [5, 5.41) is 12.6. The van der Waals surface area contributed by atoms with Crippen molar-refractivity contribution in [1.29, 1.82) is 0 Å². The first-order valence-electron chi connectivity index (χ1n) is 12.6. The van der Waals surface area contributed by atoms with E-state index < -0.39 is 24.0 Å². The van der Waals surface area contributed by atoms with Crippen LogP contribution in [0.3, 0.4) is 0 Å². The predicted octanol–water partition coefficient (Wildman–Crippen LogP) is 4.41. The number of fused-ring (bicyclic) bond motifs is 3. The van der Waals surface area contributed by atoms with Gasteiger partial charge in [-0.3, -0.25) is 4.79 Å². The zero-order chi connectivity index (χ0) is 24.5. The molecular weight excluding hydrogens is 444 g/mol. The van der Waals surface area contributed by atoms with Crippen LogP contribution in [-0.2, 0) is 14.3 Å². The zero-order valence-electron chi connectivity index (χ0n) is 20.0. The largest absolute Gasteiger partial charge is 0.480 e. The van der Waals surface area contributed by atoms with Crippen molar-refractivity contribution < 1.29 is 24.2 Å². The number of ether oxygens (including phenoxy) is 1. The van der Waals surface area contributed by atoms with Crippen molar-refractivity contribution in [3.8, 4) is 11.1 Å². The SMILES string of the molecule is CC1CCN(C(=O)C2CCCCC2NC(=O)OCC2c3ccccc3-c3ccccc32)C1C(=O)O. The molecule has 0 spiro atoms. The maximum absolute atomic E-state index is 13.4. The van der Waals surface area contributed by atoms with Crippen molar-refractivity contribution in [2.75, 3.05) is 13.2 Å². The van der Waals surface area contributed by atoms with Gasteiger partial charge in [-0.15, -0.1) is 0 Å². The molecular formula is C28H32N2O5. The lowest BCUT2D eigenvalue weighted by atomic mass is 9.83. The normalized spacial score (nSPS) is 25.6. The van der Waals surface area contributed by atoms with Gasteiger partial charge in [0.15, 0.2) is 0 Å². The summed E-state index contributed by atoms with van der Waals surface area (Å²) >= 11 is 0. The maximum Gasteiger partial charge on any atom is 0.407 e. The van der Waals surface area contributed by atoms with Gasteiger partial charge in [-0.2, -0.15) is 0 Å². The Morgan fingerprint density at radius 1 is 0.971 bits per heavy atom. The molecule has 0 aromatic heterocycles. The van der Waals surface area contributed by atoms with Crippen LogP contribution >= 0.6 is 0 Å². The minimum atomic E-state index is -0.958. The molecule has 184 valence electrons. The molecule has 2 fully saturated rings. The summed E-state index contributed by atoms with van der Waals surface area (Å²) in [7, 11) is 0. The average molecular weight is 477 g/mol. The standard InChI is InChI=1S/C28H32N2O5/c1-17-14-15-30(25(17)27(32)33)26(31)22-12-6-7-13-24(22)29-28(34)35-16-23-20-10-4-2-8-18(20)19-9-3-5-11-21(19)23/h2-5,8-11,17,22-25H,6-7,12-16H2,1H3,(H,29,34)(H,32,33). The number of benzene rings is 2. The number of hydrogen-bond donors (Lipinski definition) is 2. The van der Waals surface area contributed by atoms with Crippen LogP contribution in [0.15, 0.2) is 48.5 Å². The first-order valence-corrected chi connectivity index (χ1v) is 12.6. The van der Waals surface area contributed by atoms with Gasteiger partial charge in [0.2, 0.25) is 5.91 Å². The number of alkyl carbamates (subject to hydrolysis) is 1. The number of rotatable bonds is 5. The highest BCUT2D eigenvalue weighted by Crippen LogP contribution is 2.44. The predicted molar refractivity (Wildman–Crippen MR) is 131 cm³/mol. The topological polar surface area (TPSA) is 95.9 Å². The summed E-state index contributed by atoms with van der Waals surface area (Å²) in [5.41, 5.74) is 4.64. The molecule has 2 aromatic rings. The van der Waals surface area contributed by atoms with Crippen molar-refractivity contribution in [2.45, 2.75) is 57.0 Å². The van der Waals surface area contributed by atoms with Crippen LogP contribution in [0.2, 0.25) is 0 Å². The van der Waals surface area contributed by atoms with Gasteiger partial charge in [0, 0.05) is 18.5 Å². The summed E-state index contributed by atoms with van der Waals surface area (Å²) in [6, 6.07) is 15.2. The third-order valence-corrected chi connectivity index (χ3v) is 7.97. The Kier molecular flexibility index (Phi) is 6.50. The van der Waals surface area contributed by atoms with E-state index in [4.69, 9.17) is 4.74 Å². The van der Waals surface area contributed by atoms with E-state index in [0.717, 1.165) is 24.0 Å². The molecule has 2 amide bonds. The molecule has 7 nitrogen and oxygen atoms in total. The number of carbonyl (C=O) groups is 3. The molecule has 3 aliphatic rings. The molecule has 1 saturated heterocycles. The minimum absolute atomic E-state index is 0.0284. The average Bonchev–Trinajstić information content (AvgIpc) is 3.41. The number of nitrogens with one attached hydrogen (secondary N) is 1. The summed E-state index contributed by atoms with van der Waals surface area (Å²) < 4.78 is 5.70. The molecule has 7 heteroatoms.